The van der Waals surface area contributed by atoms with Crippen molar-refractivity contribution >= 4 is 21.4 Å². The Morgan fingerprint density at radius 3 is 2.38 bits per heavy atom. The maximum absolute atomic E-state index is 11.4. The zero-order valence-corrected chi connectivity index (χ0v) is 12.9. The molecule has 0 heterocycles. The standard InChI is InChI=1S/C15H19N3O2S/c1-11-5-3-4-6-12(11)10-18(2)13-7-8-15(14(16)9-13)21(17,19)20/h3-9H,10,16H2,1-2H3,(H2,17,19,20). The molecule has 0 radical (unpaired) electrons. The van der Waals surface area contributed by atoms with Crippen molar-refractivity contribution in [1.29, 1.82) is 0 Å². The van der Waals surface area contributed by atoms with Crippen LogP contribution < -0.4 is 15.8 Å². The Balaban J connectivity index is 2.27. The lowest BCUT2D eigenvalue weighted by molar-refractivity contribution is 0.598. The minimum Gasteiger partial charge on any atom is -0.398 e. The van der Waals surface area contributed by atoms with E-state index in [-0.39, 0.29) is 10.6 Å². The molecule has 2 aromatic rings. The van der Waals surface area contributed by atoms with Gasteiger partial charge in [0.1, 0.15) is 4.90 Å². The summed E-state index contributed by atoms with van der Waals surface area (Å²) < 4.78 is 22.7. The third-order valence-corrected chi connectivity index (χ3v) is 4.39. The molecule has 0 aliphatic rings. The van der Waals surface area contributed by atoms with Gasteiger partial charge in [-0.2, -0.15) is 0 Å². The van der Waals surface area contributed by atoms with Crippen LogP contribution in [0.25, 0.3) is 0 Å². The van der Waals surface area contributed by atoms with Crippen molar-refractivity contribution < 1.29 is 8.42 Å². The minimum absolute atomic E-state index is 0.0458. The van der Waals surface area contributed by atoms with Crippen molar-refractivity contribution in [2.45, 2.75) is 18.4 Å². The summed E-state index contributed by atoms with van der Waals surface area (Å²) >= 11 is 0. The smallest absolute Gasteiger partial charge is 0.240 e. The molecule has 2 aromatic carbocycles. The Kier molecular flexibility index (Phi) is 4.20. The van der Waals surface area contributed by atoms with E-state index in [9.17, 15) is 8.42 Å². The maximum Gasteiger partial charge on any atom is 0.240 e. The van der Waals surface area contributed by atoms with Gasteiger partial charge in [0, 0.05) is 19.3 Å². The molecule has 0 unspecified atom stereocenters. The van der Waals surface area contributed by atoms with Gasteiger partial charge >= 0.3 is 0 Å². The first kappa shape index (κ1) is 15.3. The Hall–Kier alpha value is -2.05. The first-order valence-corrected chi connectivity index (χ1v) is 8.01. The lowest BCUT2D eigenvalue weighted by atomic mass is 10.1. The second-order valence-electron chi connectivity index (χ2n) is 5.05. The van der Waals surface area contributed by atoms with Crippen LogP contribution in [0.3, 0.4) is 0 Å². The number of nitrogen functional groups attached to an aromatic ring is 1. The highest BCUT2D eigenvalue weighted by molar-refractivity contribution is 7.89. The molecule has 21 heavy (non-hydrogen) atoms. The molecule has 0 spiro atoms. The number of hydrogen-bond donors (Lipinski definition) is 2. The molecule has 0 saturated heterocycles. The van der Waals surface area contributed by atoms with E-state index in [4.69, 9.17) is 10.9 Å². The summed E-state index contributed by atoms with van der Waals surface area (Å²) in [4.78, 5) is 1.96. The number of benzene rings is 2. The maximum atomic E-state index is 11.4. The average molecular weight is 305 g/mol. The predicted octanol–water partition coefficient (Wildman–Crippen LogP) is 1.86. The van der Waals surface area contributed by atoms with Gasteiger partial charge in [0.2, 0.25) is 10.0 Å². The summed E-state index contributed by atoms with van der Waals surface area (Å²) in [5.41, 5.74) is 9.19. The van der Waals surface area contributed by atoms with Crippen LogP contribution in [-0.4, -0.2) is 15.5 Å². The van der Waals surface area contributed by atoms with Crippen LogP contribution in [-0.2, 0) is 16.6 Å². The fourth-order valence-electron chi connectivity index (χ4n) is 2.17. The van der Waals surface area contributed by atoms with Crippen molar-refractivity contribution in [3.8, 4) is 0 Å². The van der Waals surface area contributed by atoms with E-state index < -0.39 is 10.0 Å². The van der Waals surface area contributed by atoms with E-state index in [0.29, 0.717) is 6.54 Å². The minimum atomic E-state index is -3.79. The van der Waals surface area contributed by atoms with Crippen molar-refractivity contribution in [3.63, 3.8) is 0 Å². The quantitative estimate of drug-likeness (QED) is 0.844. The molecule has 0 amide bonds. The second kappa shape index (κ2) is 5.75. The van der Waals surface area contributed by atoms with Crippen molar-refractivity contribution in [2.24, 2.45) is 5.14 Å². The topological polar surface area (TPSA) is 89.4 Å². The van der Waals surface area contributed by atoms with Gasteiger partial charge in [-0.3, -0.25) is 0 Å². The number of nitrogens with two attached hydrogens (primary N) is 2. The number of primary sulfonamides is 1. The molecule has 0 saturated carbocycles. The predicted molar refractivity (Wildman–Crippen MR) is 85.5 cm³/mol. The van der Waals surface area contributed by atoms with Gasteiger partial charge in [-0.15, -0.1) is 0 Å². The van der Waals surface area contributed by atoms with Crippen LogP contribution in [0, 0.1) is 6.92 Å². The lowest BCUT2D eigenvalue weighted by Crippen LogP contribution is -2.19. The summed E-state index contributed by atoms with van der Waals surface area (Å²) in [5, 5.41) is 5.11. The van der Waals surface area contributed by atoms with Gasteiger partial charge in [-0.25, -0.2) is 13.6 Å². The van der Waals surface area contributed by atoms with E-state index in [1.54, 1.807) is 12.1 Å². The van der Waals surface area contributed by atoms with Gasteiger partial charge < -0.3 is 10.6 Å². The first-order chi connectivity index (χ1) is 9.79. The number of nitrogens with zero attached hydrogens (tertiary/aromatic N) is 1. The van der Waals surface area contributed by atoms with Gasteiger partial charge in [0.05, 0.1) is 5.69 Å². The van der Waals surface area contributed by atoms with Crippen LogP contribution in [0.4, 0.5) is 11.4 Å². The van der Waals surface area contributed by atoms with Gasteiger partial charge in [-0.05, 0) is 36.2 Å². The number of rotatable bonds is 4. The first-order valence-electron chi connectivity index (χ1n) is 6.47. The van der Waals surface area contributed by atoms with Gasteiger partial charge in [0.15, 0.2) is 0 Å². The molecule has 2 rings (SSSR count). The Morgan fingerprint density at radius 2 is 1.81 bits per heavy atom. The molecule has 4 N–H and O–H groups in total. The molecule has 0 bridgehead atoms. The molecular formula is C15H19N3O2S. The highest BCUT2D eigenvalue weighted by Crippen LogP contribution is 2.24. The van der Waals surface area contributed by atoms with E-state index in [1.165, 1.54) is 17.2 Å². The number of sulfonamides is 1. The van der Waals surface area contributed by atoms with E-state index in [1.807, 2.05) is 24.1 Å². The van der Waals surface area contributed by atoms with Crippen LogP contribution >= 0.6 is 0 Å². The van der Waals surface area contributed by atoms with E-state index in [2.05, 4.69) is 19.1 Å². The fraction of sp³-hybridized carbons (Fsp3) is 0.200. The number of aryl methyl sites for hydroxylation is 1. The third-order valence-electron chi connectivity index (χ3n) is 3.41. The molecule has 0 aliphatic carbocycles. The number of anilines is 2. The second-order valence-corrected chi connectivity index (χ2v) is 6.58. The molecular weight excluding hydrogens is 286 g/mol. The SMILES string of the molecule is Cc1ccccc1CN(C)c1ccc(S(N)(=O)=O)c(N)c1. The largest absolute Gasteiger partial charge is 0.398 e. The fourth-order valence-corrected chi connectivity index (χ4v) is 2.81. The Bertz CT molecular complexity index is 757. The summed E-state index contributed by atoms with van der Waals surface area (Å²) in [5.74, 6) is 0. The number of hydrogen-bond acceptors (Lipinski definition) is 4. The molecule has 112 valence electrons. The van der Waals surface area contributed by atoms with Crippen LogP contribution in [0.5, 0.6) is 0 Å². The molecule has 0 aromatic heterocycles. The average Bonchev–Trinajstić information content (AvgIpc) is 2.39. The summed E-state index contributed by atoms with van der Waals surface area (Å²) in [7, 11) is -1.86. The third kappa shape index (κ3) is 3.53. The van der Waals surface area contributed by atoms with E-state index in [0.717, 1.165) is 5.69 Å². The normalized spacial score (nSPS) is 11.4. The van der Waals surface area contributed by atoms with Crippen LogP contribution in [0.2, 0.25) is 0 Å². The summed E-state index contributed by atoms with van der Waals surface area (Å²) in [6, 6.07) is 12.9. The zero-order valence-electron chi connectivity index (χ0n) is 12.1. The molecule has 6 heteroatoms. The van der Waals surface area contributed by atoms with Gasteiger partial charge in [0.25, 0.3) is 0 Å². The van der Waals surface area contributed by atoms with E-state index >= 15 is 0 Å². The van der Waals surface area contributed by atoms with Crippen molar-refractivity contribution in [2.75, 3.05) is 17.7 Å². The monoisotopic (exact) mass is 305 g/mol. The summed E-state index contributed by atoms with van der Waals surface area (Å²) in [6.07, 6.45) is 0. The summed E-state index contributed by atoms with van der Waals surface area (Å²) in [6.45, 7) is 2.77. The lowest BCUT2D eigenvalue weighted by Gasteiger charge is -2.21. The highest BCUT2D eigenvalue weighted by atomic mass is 32.2. The highest BCUT2D eigenvalue weighted by Gasteiger charge is 2.13. The van der Waals surface area contributed by atoms with Crippen molar-refractivity contribution in [1.82, 2.24) is 0 Å². The van der Waals surface area contributed by atoms with Gasteiger partial charge in [-0.1, -0.05) is 24.3 Å². The molecule has 0 atom stereocenters. The molecule has 5 nitrogen and oxygen atoms in total. The Labute approximate surface area is 125 Å². The molecule has 0 fully saturated rings. The van der Waals surface area contributed by atoms with Crippen LogP contribution in [0.15, 0.2) is 47.4 Å². The Morgan fingerprint density at radius 1 is 1.14 bits per heavy atom. The zero-order chi connectivity index (χ0) is 15.6. The van der Waals surface area contributed by atoms with Crippen molar-refractivity contribution in [3.05, 3.63) is 53.6 Å². The van der Waals surface area contributed by atoms with Crippen LogP contribution in [0.1, 0.15) is 11.1 Å². The molecule has 0 aliphatic heterocycles.